The molecular weight excluding hydrogens is 342 g/mol. The molecule has 1 amide bonds. The van der Waals surface area contributed by atoms with E-state index in [2.05, 4.69) is 26.9 Å². The summed E-state index contributed by atoms with van der Waals surface area (Å²) in [4.78, 5) is 12.2. The maximum atomic E-state index is 12.2. The number of amides is 1. The van der Waals surface area contributed by atoms with Gasteiger partial charge in [0.15, 0.2) is 0 Å². The zero-order chi connectivity index (χ0) is 18.5. The minimum Gasteiger partial charge on any atom is -0.492 e. The Morgan fingerprint density at radius 3 is 2.59 bits per heavy atom. The third-order valence-corrected chi connectivity index (χ3v) is 4.12. The molecule has 0 aliphatic rings. The first-order chi connectivity index (χ1) is 13.3. The highest BCUT2D eigenvalue weighted by Gasteiger charge is 2.06. The number of hydrogen-bond donors (Lipinski definition) is 1. The van der Waals surface area contributed by atoms with Gasteiger partial charge in [-0.25, -0.2) is 4.68 Å². The normalized spacial score (nSPS) is 10.7. The molecule has 0 unspecified atom stereocenters. The van der Waals surface area contributed by atoms with E-state index in [4.69, 9.17) is 4.74 Å². The van der Waals surface area contributed by atoms with Crippen LogP contribution in [0.5, 0.6) is 5.75 Å². The molecular formula is C20H17N5O2. The van der Waals surface area contributed by atoms with Gasteiger partial charge in [0.2, 0.25) is 0 Å². The summed E-state index contributed by atoms with van der Waals surface area (Å²) in [5.41, 5.74) is 1.36. The Balaban J connectivity index is 1.28. The topological polar surface area (TPSA) is 81.9 Å². The third kappa shape index (κ3) is 3.92. The molecule has 4 aromatic rings. The molecule has 0 atom stereocenters. The second-order valence-electron chi connectivity index (χ2n) is 5.91. The third-order valence-electron chi connectivity index (χ3n) is 4.12. The van der Waals surface area contributed by atoms with Crippen molar-refractivity contribution in [2.45, 2.75) is 0 Å². The van der Waals surface area contributed by atoms with Crippen LogP contribution in [0.3, 0.4) is 0 Å². The van der Waals surface area contributed by atoms with Gasteiger partial charge in [0, 0.05) is 5.56 Å². The quantitative estimate of drug-likeness (QED) is 0.535. The van der Waals surface area contributed by atoms with Crippen molar-refractivity contribution < 1.29 is 9.53 Å². The van der Waals surface area contributed by atoms with Crippen molar-refractivity contribution in [3.63, 3.8) is 0 Å². The van der Waals surface area contributed by atoms with E-state index in [9.17, 15) is 4.79 Å². The molecule has 0 aliphatic heterocycles. The minimum absolute atomic E-state index is 0.152. The molecule has 0 saturated carbocycles. The van der Waals surface area contributed by atoms with E-state index in [0.29, 0.717) is 18.7 Å². The summed E-state index contributed by atoms with van der Waals surface area (Å²) in [7, 11) is 0. The van der Waals surface area contributed by atoms with Crippen molar-refractivity contribution in [2.75, 3.05) is 13.2 Å². The molecule has 1 N–H and O–H groups in total. The molecule has 0 saturated heterocycles. The molecule has 4 rings (SSSR count). The van der Waals surface area contributed by atoms with E-state index in [0.717, 1.165) is 16.8 Å². The van der Waals surface area contributed by atoms with E-state index in [1.165, 1.54) is 16.4 Å². The van der Waals surface area contributed by atoms with Gasteiger partial charge in [0.1, 0.15) is 18.7 Å². The highest BCUT2D eigenvalue weighted by atomic mass is 16.5. The van der Waals surface area contributed by atoms with Crippen LogP contribution < -0.4 is 10.1 Å². The van der Waals surface area contributed by atoms with E-state index in [1.807, 2.05) is 36.4 Å². The predicted octanol–water partition coefficient (Wildman–Crippen LogP) is 2.62. The lowest BCUT2D eigenvalue weighted by Gasteiger charge is -2.09. The summed E-state index contributed by atoms with van der Waals surface area (Å²) in [6, 6.07) is 21.1. The Bertz CT molecular complexity index is 1050. The summed E-state index contributed by atoms with van der Waals surface area (Å²) in [6.45, 7) is 0.813. The van der Waals surface area contributed by atoms with Crippen LogP contribution in [0, 0.1) is 0 Å². The lowest BCUT2D eigenvalue weighted by Crippen LogP contribution is -2.28. The zero-order valence-corrected chi connectivity index (χ0v) is 14.4. The van der Waals surface area contributed by atoms with Crippen LogP contribution in [-0.4, -0.2) is 39.3 Å². The molecule has 1 heterocycles. The van der Waals surface area contributed by atoms with Gasteiger partial charge in [-0.2, -0.15) is 0 Å². The second-order valence-corrected chi connectivity index (χ2v) is 5.91. The lowest BCUT2D eigenvalue weighted by atomic mass is 10.1. The average molecular weight is 359 g/mol. The van der Waals surface area contributed by atoms with Crippen LogP contribution in [0.2, 0.25) is 0 Å². The molecule has 134 valence electrons. The maximum Gasteiger partial charge on any atom is 0.251 e. The van der Waals surface area contributed by atoms with Gasteiger partial charge in [0.05, 0.1) is 12.2 Å². The number of tetrazole rings is 1. The summed E-state index contributed by atoms with van der Waals surface area (Å²) in [5, 5.41) is 16.1. The Morgan fingerprint density at radius 2 is 1.81 bits per heavy atom. The molecule has 7 heteroatoms. The van der Waals surface area contributed by atoms with Gasteiger partial charge in [-0.1, -0.05) is 30.3 Å². The predicted molar refractivity (Wildman–Crippen MR) is 101 cm³/mol. The first-order valence-electron chi connectivity index (χ1n) is 8.53. The molecule has 1 aromatic heterocycles. The first kappa shape index (κ1) is 16.7. The monoisotopic (exact) mass is 359 g/mol. The Hall–Kier alpha value is -3.74. The van der Waals surface area contributed by atoms with E-state index >= 15 is 0 Å². The van der Waals surface area contributed by atoms with Crippen LogP contribution in [0.15, 0.2) is 73.1 Å². The van der Waals surface area contributed by atoms with Crippen molar-refractivity contribution >= 4 is 16.7 Å². The molecule has 0 aliphatic carbocycles. The smallest absolute Gasteiger partial charge is 0.251 e. The van der Waals surface area contributed by atoms with Gasteiger partial charge in [-0.3, -0.25) is 4.79 Å². The molecule has 0 fully saturated rings. The number of fused-ring (bicyclic) bond motifs is 1. The molecule has 0 radical (unpaired) electrons. The molecule has 7 nitrogen and oxygen atoms in total. The number of ether oxygens (including phenoxy) is 1. The molecule has 0 bridgehead atoms. The average Bonchev–Trinajstić information content (AvgIpc) is 3.26. The van der Waals surface area contributed by atoms with E-state index in [1.54, 1.807) is 24.3 Å². The van der Waals surface area contributed by atoms with E-state index < -0.39 is 0 Å². The summed E-state index contributed by atoms with van der Waals surface area (Å²) in [5.74, 6) is 0.633. The molecule has 3 aromatic carbocycles. The standard InChI is InChI=1S/C20H17N5O2/c26-20(16-5-8-18(9-6-16)25-14-22-23-24-25)21-11-12-27-19-10-7-15-3-1-2-4-17(15)13-19/h1-10,13-14H,11-12H2,(H,21,26). The largest absolute Gasteiger partial charge is 0.492 e. The van der Waals surface area contributed by atoms with Crippen LogP contribution in [-0.2, 0) is 0 Å². The number of rotatable bonds is 6. The van der Waals surface area contributed by atoms with E-state index in [-0.39, 0.29) is 5.91 Å². The van der Waals surface area contributed by atoms with Gasteiger partial charge in [-0.15, -0.1) is 5.10 Å². The van der Waals surface area contributed by atoms with Crippen molar-refractivity contribution in [1.29, 1.82) is 0 Å². The highest BCUT2D eigenvalue weighted by Crippen LogP contribution is 2.20. The second kappa shape index (κ2) is 7.65. The van der Waals surface area contributed by atoms with Crippen molar-refractivity contribution in [3.05, 3.63) is 78.6 Å². The lowest BCUT2D eigenvalue weighted by molar-refractivity contribution is 0.0947. The van der Waals surface area contributed by atoms with Gasteiger partial charge in [0.25, 0.3) is 5.91 Å². The number of carbonyl (C=O) groups is 1. The summed E-state index contributed by atoms with van der Waals surface area (Å²) in [6.07, 6.45) is 1.50. The summed E-state index contributed by atoms with van der Waals surface area (Å²) < 4.78 is 7.26. The molecule has 0 spiro atoms. The fraction of sp³-hybridized carbons (Fsp3) is 0.100. The number of nitrogens with zero attached hydrogens (tertiary/aromatic N) is 4. The Labute approximate surface area is 155 Å². The highest BCUT2D eigenvalue weighted by molar-refractivity contribution is 5.94. The first-order valence-corrected chi connectivity index (χ1v) is 8.53. The number of benzene rings is 3. The Kier molecular flexibility index (Phi) is 4.74. The number of carbonyl (C=O) groups excluding carboxylic acids is 1. The van der Waals surface area contributed by atoms with Crippen LogP contribution in [0.25, 0.3) is 16.5 Å². The van der Waals surface area contributed by atoms with Crippen molar-refractivity contribution in [2.24, 2.45) is 0 Å². The SMILES string of the molecule is O=C(NCCOc1ccc2ccccc2c1)c1ccc(-n2cnnn2)cc1. The minimum atomic E-state index is -0.152. The number of nitrogens with one attached hydrogen (secondary N) is 1. The number of hydrogen-bond acceptors (Lipinski definition) is 5. The maximum absolute atomic E-state index is 12.2. The van der Waals surface area contributed by atoms with Crippen molar-refractivity contribution in [3.8, 4) is 11.4 Å². The fourth-order valence-corrected chi connectivity index (χ4v) is 2.74. The fourth-order valence-electron chi connectivity index (χ4n) is 2.74. The molecule has 27 heavy (non-hydrogen) atoms. The zero-order valence-electron chi connectivity index (χ0n) is 14.4. The summed E-state index contributed by atoms with van der Waals surface area (Å²) >= 11 is 0. The van der Waals surface area contributed by atoms with Gasteiger partial charge < -0.3 is 10.1 Å². The van der Waals surface area contributed by atoms with Crippen LogP contribution in [0.1, 0.15) is 10.4 Å². The van der Waals surface area contributed by atoms with Crippen LogP contribution >= 0.6 is 0 Å². The number of aromatic nitrogens is 4. The van der Waals surface area contributed by atoms with Gasteiger partial charge in [-0.05, 0) is 57.6 Å². The Morgan fingerprint density at radius 1 is 1.00 bits per heavy atom. The van der Waals surface area contributed by atoms with Crippen molar-refractivity contribution in [1.82, 2.24) is 25.5 Å². The van der Waals surface area contributed by atoms with Crippen LogP contribution in [0.4, 0.5) is 0 Å². The van der Waals surface area contributed by atoms with Gasteiger partial charge >= 0.3 is 0 Å².